The van der Waals surface area contributed by atoms with Gasteiger partial charge in [0.05, 0.1) is 18.3 Å². The lowest BCUT2D eigenvalue weighted by atomic mass is 9.71. The van der Waals surface area contributed by atoms with Crippen molar-refractivity contribution in [1.29, 1.82) is 0 Å². The van der Waals surface area contributed by atoms with Crippen molar-refractivity contribution >= 4 is 19.9 Å². The molecule has 0 radical (unpaired) electrons. The molecule has 0 bridgehead atoms. The van der Waals surface area contributed by atoms with Crippen LogP contribution in [0.3, 0.4) is 0 Å². The highest BCUT2D eigenvalue weighted by molar-refractivity contribution is 6.74. The van der Waals surface area contributed by atoms with Crippen molar-refractivity contribution in [3.8, 4) is 0 Å². The number of ether oxygens (including phenoxy) is 1. The van der Waals surface area contributed by atoms with Gasteiger partial charge >= 0.3 is 0 Å². The molecule has 27 heavy (non-hydrogen) atoms. The zero-order chi connectivity index (χ0) is 19.7. The van der Waals surface area contributed by atoms with Crippen LogP contribution in [0.5, 0.6) is 0 Å². The van der Waals surface area contributed by atoms with Crippen molar-refractivity contribution < 1.29 is 18.8 Å². The van der Waals surface area contributed by atoms with Crippen LogP contribution in [0.15, 0.2) is 35.4 Å². The molecule has 144 valence electrons. The largest absolute Gasteiger partial charge is 0.413 e. The molecule has 1 aromatic rings. The van der Waals surface area contributed by atoms with E-state index in [1.807, 2.05) is 19.1 Å². The summed E-state index contributed by atoms with van der Waals surface area (Å²) in [5.41, 5.74) is 2.33. The maximum absolute atomic E-state index is 13.3. The number of fused-ring (bicyclic) bond motifs is 2. The van der Waals surface area contributed by atoms with Crippen molar-refractivity contribution in [2.75, 3.05) is 0 Å². The summed E-state index contributed by atoms with van der Waals surface area (Å²) in [4.78, 5) is 26.4. The van der Waals surface area contributed by atoms with Gasteiger partial charge in [0.2, 0.25) is 0 Å². The minimum absolute atomic E-state index is 0.00877. The highest BCUT2D eigenvalue weighted by atomic mass is 28.4. The molecule has 4 atom stereocenters. The Morgan fingerprint density at radius 2 is 1.70 bits per heavy atom. The fraction of sp³-hybridized carbons (Fsp3) is 0.545. The van der Waals surface area contributed by atoms with E-state index < -0.39 is 8.32 Å². The highest BCUT2D eigenvalue weighted by Crippen LogP contribution is 2.50. The van der Waals surface area contributed by atoms with Crippen LogP contribution in [0.2, 0.25) is 18.1 Å². The van der Waals surface area contributed by atoms with Crippen LogP contribution in [0.1, 0.15) is 54.8 Å². The van der Waals surface area contributed by atoms with Gasteiger partial charge in [-0.1, -0.05) is 45.0 Å². The zero-order valence-corrected chi connectivity index (χ0v) is 18.0. The van der Waals surface area contributed by atoms with Gasteiger partial charge in [0, 0.05) is 34.6 Å². The van der Waals surface area contributed by atoms with Gasteiger partial charge in [-0.3, -0.25) is 9.59 Å². The van der Waals surface area contributed by atoms with Crippen LogP contribution in [-0.2, 0) is 9.16 Å². The normalized spacial score (nSPS) is 28.4. The summed E-state index contributed by atoms with van der Waals surface area (Å²) < 4.78 is 12.5. The molecule has 1 saturated heterocycles. The molecule has 2 aliphatic carbocycles. The summed E-state index contributed by atoms with van der Waals surface area (Å²) in [5, 5.41) is 0.0793. The third-order valence-electron chi connectivity index (χ3n) is 6.77. The second-order valence-corrected chi connectivity index (χ2v) is 14.3. The number of hydrogen-bond acceptors (Lipinski definition) is 4. The number of Topliss-reactive ketones (excluding diaryl/α,β-unsaturated/α-hetero) is 2. The summed E-state index contributed by atoms with van der Waals surface area (Å²) in [6.45, 7) is 13.1. The van der Waals surface area contributed by atoms with Gasteiger partial charge in [0.25, 0.3) is 0 Å². The van der Waals surface area contributed by atoms with E-state index in [4.69, 9.17) is 9.16 Å². The SMILES string of the molecule is C[C@H](O[Si](C)(C)C(C)(C)C)[C@H]1C2=C(C[C@H]3O[C@@H]13)C(=O)c1ccccc1C2=O. The highest BCUT2D eigenvalue weighted by Gasteiger charge is 2.57. The van der Waals surface area contributed by atoms with Crippen LogP contribution in [0.25, 0.3) is 0 Å². The van der Waals surface area contributed by atoms with E-state index in [1.54, 1.807) is 12.1 Å². The molecule has 0 aromatic heterocycles. The number of hydrogen-bond donors (Lipinski definition) is 0. The molecule has 5 heteroatoms. The predicted octanol–water partition coefficient (Wildman–Crippen LogP) is 4.56. The number of carbonyl (C=O) groups is 2. The van der Waals surface area contributed by atoms with Gasteiger partial charge in [-0.25, -0.2) is 0 Å². The molecule has 0 unspecified atom stereocenters. The minimum atomic E-state index is -2.00. The molecule has 1 heterocycles. The van der Waals surface area contributed by atoms with Crippen molar-refractivity contribution in [3.05, 3.63) is 46.5 Å². The van der Waals surface area contributed by atoms with E-state index >= 15 is 0 Å². The molecular weight excluding hydrogens is 356 g/mol. The Morgan fingerprint density at radius 1 is 1.11 bits per heavy atom. The lowest BCUT2D eigenvalue weighted by Crippen LogP contribution is -2.47. The fourth-order valence-electron chi connectivity index (χ4n) is 4.22. The standard InChI is InChI=1S/C22H28O4Si/c1-12(26-27(5,6)22(2,3)4)17-18-15(11-16-21(17)25-16)19(23)13-9-7-8-10-14(13)20(18)24/h7-10,12,16-17,21H,11H2,1-6H3/t12-,16+,17-,21+/m0/s1. The Morgan fingerprint density at radius 3 is 2.30 bits per heavy atom. The van der Waals surface area contributed by atoms with Gasteiger partial charge in [-0.15, -0.1) is 0 Å². The van der Waals surface area contributed by atoms with Crippen molar-refractivity contribution in [2.24, 2.45) is 5.92 Å². The third kappa shape index (κ3) is 2.87. The van der Waals surface area contributed by atoms with E-state index in [9.17, 15) is 9.59 Å². The van der Waals surface area contributed by atoms with Gasteiger partial charge < -0.3 is 9.16 Å². The van der Waals surface area contributed by atoms with Crippen LogP contribution in [-0.4, -0.2) is 38.2 Å². The first-order chi connectivity index (χ1) is 12.5. The molecule has 1 fully saturated rings. The number of benzene rings is 1. The molecule has 0 amide bonds. The predicted molar refractivity (Wildman–Crippen MR) is 107 cm³/mol. The van der Waals surface area contributed by atoms with E-state index in [-0.39, 0.29) is 40.8 Å². The maximum atomic E-state index is 13.3. The number of rotatable bonds is 3. The summed E-state index contributed by atoms with van der Waals surface area (Å²) in [5.74, 6) is -0.207. The van der Waals surface area contributed by atoms with Gasteiger partial charge in [-0.05, 0) is 25.1 Å². The van der Waals surface area contributed by atoms with E-state index in [2.05, 4.69) is 33.9 Å². The van der Waals surface area contributed by atoms with Crippen molar-refractivity contribution in [2.45, 2.75) is 70.6 Å². The van der Waals surface area contributed by atoms with Crippen LogP contribution >= 0.6 is 0 Å². The first-order valence-electron chi connectivity index (χ1n) is 9.77. The molecule has 3 aliphatic rings. The second kappa shape index (κ2) is 5.97. The lowest BCUT2D eigenvalue weighted by Gasteiger charge is -2.41. The molecule has 4 rings (SSSR count). The van der Waals surface area contributed by atoms with Crippen molar-refractivity contribution in [1.82, 2.24) is 0 Å². The molecular formula is C22H28O4Si. The second-order valence-electron chi connectivity index (χ2n) is 9.55. The Hall–Kier alpha value is -1.56. The van der Waals surface area contributed by atoms with Gasteiger partial charge in [0.15, 0.2) is 19.9 Å². The Labute approximate surface area is 162 Å². The van der Waals surface area contributed by atoms with Crippen LogP contribution in [0, 0.1) is 5.92 Å². The Balaban J connectivity index is 1.73. The fourth-order valence-corrected chi connectivity index (χ4v) is 5.65. The van der Waals surface area contributed by atoms with Crippen molar-refractivity contribution in [3.63, 3.8) is 0 Å². The Bertz CT molecular complexity index is 861. The lowest BCUT2D eigenvalue weighted by molar-refractivity contribution is 0.0903. The minimum Gasteiger partial charge on any atom is -0.413 e. The number of ketones is 2. The maximum Gasteiger partial charge on any atom is 0.192 e. The average Bonchev–Trinajstić information content (AvgIpc) is 3.35. The molecule has 1 aromatic carbocycles. The molecule has 0 saturated carbocycles. The molecule has 0 N–H and O–H groups in total. The van der Waals surface area contributed by atoms with Gasteiger partial charge in [0.1, 0.15) is 0 Å². The molecule has 1 aliphatic heterocycles. The smallest absolute Gasteiger partial charge is 0.192 e. The topological polar surface area (TPSA) is 55.9 Å². The monoisotopic (exact) mass is 384 g/mol. The Kier molecular flexibility index (Phi) is 4.15. The van der Waals surface area contributed by atoms with E-state index in [0.29, 0.717) is 28.7 Å². The van der Waals surface area contributed by atoms with Crippen LogP contribution in [0.4, 0.5) is 0 Å². The zero-order valence-electron chi connectivity index (χ0n) is 17.0. The molecule has 0 spiro atoms. The van der Waals surface area contributed by atoms with E-state index in [1.165, 1.54) is 0 Å². The average molecular weight is 385 g/mol. The number of epoxide rings is 1. The van der Waals surface area contributed by atoms with E-state index in [0.717, 1.165) is 0 Å². The summed E-state index contributed by atoms with van der Waals surface area (Å²) >= 11 is 0. The summed E-state index contributed by atoms with van der Waals surface area (Å²) in [6.07, 6.45) is 0.419. The quantitative estimate of drug-likeness (QED) is 0.566. The first-order valence-corrected chi connectivity index (χ1v) is 12.7. The molecule has 4 nitrogen and oxygen atoms in total. The summed E-state index contributed by atoms with van der Waals surface area (Å²) in [6, 6.07) is 7.15. The third-order valence-corrected chi connectivity index (χ3v) is 11.3. The first kappa shape index (κ1) is 18.8. The van der Waals surface area contributed by atoms with Crippen LogP contribution < -0.4 is 0 Å². The number of carbonyl (C=O) groups excluding carboxylic acids is 2. The van der Waals surface area contributed by atoms with Gasteiger partial charge in [-0.2, -0.15) is 0 Å². The summed E-state index contributed by atoms with van der Waals surface area (Å²) in [7, 11) is -2.00.